The molecule has 1 heteroatoms. The van der Waals surface area contributed by atoms with Crippen molar-refractivity contribution in [2.45, 2.75) is 18.8 Å². The van der Waals surface area contributed by atoms with Crippen LogP contribution in [-0.4, -0.2) is 0 Å². The largest absolute Gasteiger partial charge is 0.311 e. The van der Waals surface area contributed by atoms with Crippen molar-refractivity contribution in [3.63, 3.8) is 0 Å². The van der Waals surface area contributed by atoms with E-state index in [1.54, 1.807) is 0 Å². The molecule has 0 aliphatic heterocycles. The van der Waals surface area contributed by atoms with Gasteiger partial charge in [0, 0.05) is 23.0 Å². The zero-order valence-corrected chi connectivity index (χ0v) is 28.1. The van der Waals surface area contributed by atoms with E-state index in [4.69, 9.17) is 0 Å². The quantitative estimate of drug-likeness (QED) is 0.160. The first-order valence-electron chi connectivity index (χ1n) is 17.5. The zero-order chi connectivity index (χ0) is 33.5. The molecule has 240 valence electrons. The first-order valence-corrected chi connectivity index (χ1v) is 17.5. The van der Waals surface area contributed by atoms with Gasteiger partial charge in [0.15, 0.2) is 0 Å². The maximum atomic E-state index is 2.42. The van der Waals surface area contributed by atoms with Gasteiger partial charge >= 0.3 is 0 Å². The number of hydrogen-bond acceptors (Lipinski definition) is 1. The number of nitrogens with zero attached hydrogens (tertiary/aromatic N) is 1. The van der Waals surface area contributed by atoms with Gasteiger partial charge in [-0.15, -0.1) is 0 Å². The molecule has 2 aliphatic carbocycles. The molecule has 8 rings (SSSR count). The summed E-state index contributed by atoms with van der Waals surface area (Å²) in [6.07, 6.45) is 20.2. The van der Waals surface area contributed by atoms with E-state index in [1.807, 2.05) is 0 Å². The van der Waals surface area contributed by atoms with Gasteiger partial charge in [-0.3, -0.25) is 0 Å². The maximum absolute atomic E-state index is 2.42. The van der Waals surface area contributed by atoms with E-state index in [0.717, 1.165) is 24.2 Å². The maximum Gasteiger partial charge on any atom is 0.0461 e. The van der Waals surface area contributed by atoms with Gasteiger partial charge in [0.1, 0.15) is 0 Å². The van der Waals surface area contributed by atoms with Gasteiger partial charge in [0.25, 0.3) is 0 Å². The van der Waals surface area contributed by atoms with Crippen molar-refractivity contribution in [2.75, 3.05) is 4.90 Å². The van der Waals surface area contributed by atoms with Crippen LogP contribution in [0, 0.1) is 0 Å². The highest BCUT2D eigenvalue weighted by Gasteiger charge is 2.23. The highest BCUT2D eigenvalue weighted by molar-refractivity contribution is 5.84. The molecule has 0 N–H and O–H groups in total. The molecular formula is C49H39N. The summed E-state index contributed by atoms with van der Waals surface area (Å²) in [6.45, 7) is 0. The van der Waals surface area contributed by atoms with Crippen molar-refractivity contribution in [2.24, 2.45) is 0 Å². The first-order chi connectivity index (χ1) is 24.8. The molecule has 0 fully saturated rings. The number of hydrogen-bond donors (Lipinski definition) is 0. The summed E-state index contributed by atoms with van der Waals surface area (Å²) in [6, 6.07) is 56.7. The summed E-state index contributed by atoms with van der Waals surface area (Å²) < 4.78 is 0. The SMILES string of the molecule is C1=CCC=CC(c2cccc(-c3ccccc3)c2C2C=CC(N(c3ccc(-c4ccccc4)cc3)c3ccc(-c4ccccc4)cc3)=CC2)=C1. The molecule has 0 bridgehead atoms. The van der Waals surface area contributed by atoms with Gasteiger partial charge in [-0.1, -0.05) is 176 Å². The topological polar surface area (TPSA) is 3.24 Å². The zero-order valence-electron chi connectivity index (χ0n) is 28.1. The van der Waals surface area contributed by atoms with Crippen LogP contribution in [0.4, 0.5) is 11.4 Å². The number of benzene rings is 6. The molecule has 50 heavy (non-hydrogen) atoms. The molecule has 1 nitrogen and oxygen atoms in total. The Labute approximate surface area is 296 Å². The Morgan fingerprint density at radius 2 is 1.00 bits per heavy atom. The predicted molar refractivity (Wildman–Crippen MR) is 213 cm³/mol. The van der Waals surface area contributed by atoms with Crippen molar-refractivity contribution in [3.8, 4) is 33.4 Å². The lowest BCUT2D eigenvalue weighted by Gasteiger charge is -2.30. The summed E-state index contributed by atoms with van der Waals surface area (Å²) in [5.74, 6) is 0.231. The normalized spacial score (nSPS) is 15.2. The monoisotopic (exact) mass is 641 g/mol. The average Bonchev–Trinajstić information content (AvgIpc) is 3.50. The van der Waals surface area contributed by atoms with Crippen molar-refractivity contribution in [1.29, 1.82) is 0 Å². The van der Waals surface area contributed by atoms with Crippen molar-refractivity contribution < 1.29 is 0 Å². The molecule has 0 saturated heterocycles. The Balaban J connectivity index is 1.18. The molecule has 2 aliphatic rings. The van der Waals surface area contributed by atoms with Gasteiger partial charge in [0.05, 0.1) is 0 Å². The molecule has 0 saturated carbocycles. The van der Waals surface area contributed by atoms with Crippen molar-refractivity contribution >= 4 is 16.9 Å². The van der Waals surface area contributed by atoms with Crippen LogP contribution in [0.5, 0.6) is 0 Å². The van der Waals surface area contributed by atoms with Gasteiger partial charge < -0.3 is 4.90 Å². The minimum atomic E-state index is 0.231. The average molecular weight is 642 g/mol. The molecule has 0 amide bonds. The second-order valence-electron chi connectivity index (χ2n) is 12.8. The summed E-state index contributed by atoms with van der Waals surface area (Å²) in [7, 11) is 0. The minimum absolute atomic E-state index is 0.231. The third-order valence-corrected chi connectivity index (χ3v) is 9.66. The summed E-state index contributed by atoms with van der Waals surface area (Å²) >= 11 is 0. The Hall–Kier alpha value is -6.18. The fraction of sp³-hybridized carbons (Fsp3) is 0.0612. The minimum Gasteiger partial charge on any atom is -0.311 e. The highest BCUT2D eigenvalue weighted by Crippen LogP contribution is 2.42. The fourth-order valence-electron chi connectivity index (χ4n) is 7.15. The van der Waals surface area contributed by atoms with Crippen LogP contribution in [-0.2, 0) is 0 Å². The Bertz CT molecular complexity index is 2130. The van der Waals surface area contributed by atoms with Crippen LogP contribution in [0.25, 0.3) is 39.0 Å². The van der Waals surface area contributed by atoms with E-state index < -0.39 is 0 Å². The second-order valence-corrected chi connectivity index (χ2v) is 12.8. The lowest BCUT2D eigenvalue weighted by Crippen LogP contribution is -2.17. The Morgan fingerprint density at radius 1 is 0.460 bits per heavy atom. The molecule has 0 radical (unpaired) electrons. The standard InChI is InChI=1S/C49H39N/c1-2-7-20-41(19-6-1)47-23-14-24-48(42-21-12-5-13-22-42)49(47)43-29-35-46(36-30-43)50(44-31-25-39(26-32-44)37-15-8-3-9-16-37)45-33-27-40(28-34-45)38-17-10-4-11-18-38/h1,3-29,31-36,43H,2,30H2. The third kappa shape index (κ3) is 6.59. The highest BCUT2D eigenvalue weighted by atomic mass is 15.1. The van der Waals surface area contributed by atoms with E-state index in [2.05, 4.69) is 211 Å². The number of allylic oxidation sites excluding steroid dienone is 9. The van der Waals surface area contributed by atoms with Crippen LogP contribution in [0.3, 0.4) is 0 Å². The molecule has 6 aromatic rings. The first kappa shape index (κ1) is 31.1. The lowest BCUT2D eigenvalue weighted by molar-refractivity contribution is 0.839. The van der Waals surface area contributed by atoms with Crippen LogP contribution in [0.15, 0.2) is 212 Å². The molecule has 6 aromatic carbocycles. The van der Waals surface area contributed by atoms with Gasteiger partial charge in [-0.05, 0) is 93.3 Å². The molecule has 0 spiro atoms. The van der Waals surface area contributed by atoms with Gasteiger partial charge in [-0.25, -0.2) is 0 Å². The fourth-order valence-corrected chi connectivity index (χ4v) is 7.15. The van der Waals surface area contributed by atoms with Gasteiger partial charge in [-0.2, -0.15) is 0 Å². The van der Waals surface area contributed by atoms with E-state index in [-0.39, 0.29) is 5.92 Å². The summed E-state index contributed by atoms with van der Waals surface area (Å²) in [5.41, 5.74) is 14.8. The third-order valence-electron chi connectivity index (χ3n) is 9.66. The molecular weight excluding hydrogens is 603 g/mol. The summed E-state index contributed by atoms with van der Waals surface area (Å²) in [4.78, 5) is 2.39. The number of anilines is 2. The van der Waals surface area contributed by atoms with Gasteiger partial charge in [0.2, 0.25) is 0 Å². The smallest absolute Gasteiger partial charge is 0.0461 e. The molecule has 1 atom stereocenters. The number of rotatable bonds is 8. The van der Waals surface area contributed by atoms with Crippen LogP contribution in [0.1, 0.15) is 29.9 Å². The second kappa shape index (κ2) is 14.5. The van der Waals surface area contributed by atoms with Crippen molar-refractivity contribution in [1.82, 2.24) is 0 Å². The molecule has 1 unspecified atom stereocenters. The lowest BCUT2D eigenvalue weighted by atomic mass is 9.81. The van der Waals surface area contributed by atoms with E-state index in [1.165, 1.54) is 55.8 Å². The predicted octanol–water partition coefficient (Wildman–Crippen LogP) is 13.4. The van der Waals surface area contributed by atoms with E-state index >= 15 is 0 Å². The van der Waals surface area contributed by atoms with Crippen LogP contribution < -0.4 is 4.90 Å². The Kier molecular flexibility index (Phi) is 9.03. The van der Waals surface area contributed by atoms with Crippen LogP contribution >= 0.6 is 0 Å². The molecule has 0 aromatic heterocycles. The van der Waals surface area contributed by atoms with E-state index in [9.17, 15) is 0 Å². The van der Waals surface area contributed by atoms with E-state index in [0.29, 0.717) is 0 Å². The molecule has 0 heterocycles. The Morgan fingerprint density at radius 3 is 1.56 bits per heavy atom. The van der Waals surface area contributed by atoms with Crippen molar-refractivity contribution in [3.05, 3.63) is 223 Å². The van der Waals surface area contributed by atoms with Crippen LogP contribution in [0.2, 0.25) is 0 Å². The summed E-state index contributed by atoms with van der Waals surface area (Å²) in [5, 5.41) is 0.